The standard InChI is InChI=1S/C14H21N3O2/c1-10(2)14(6-7-15-9-14)13(18)17-11-4-5-12(19-3)16-8-11/h4-5,8,10,15H,6-7,9H2,1-3H3,(H,17,18). The molecule has 2 N–H and O–H groups in total. The van der Waals surface area contributed by atoms with Gasteiger partial charge in [-0.25, -0.2) is 4.98 Å². The van der Waals surface area contributed by atoms with Crippen LogP contribution in [-0.4, -0.2) is 31.1 Å². The number of amides is 1. The molecule has 0 radical (unpaired) electrons. The fourth-order valence-electron chi connectivity index (χ4n) is 2.49. The van der Waals surface area contributed by atoms with Crippen molar-refractivity contribution in [2.24, 2.45) is 11.3 Å². The Labute approximate surface area is 113 Å². The van der Waals surface area contributed by atoms with Gasteiger partial charge in [0.05, 0.1) is 24.4 Å². The summed E-state index contributed by atoms with van der Waals surface area (Å²) >= 11 is 0. The van der Waals surface area contributed by atoms with Gasteiger partial charge in [0.25, 0.3) is 0 Å². The molecule has 5 heteroatoms. The lowest BCUT2D eigenvalue weighted by atomic mass is 9.75. The van der Waals surface area contributed by atoms with Crippen molar-refractivity contribution >= 4 is 11.6 Å². The van der Waals surface area contributed by atoms with E-state index in [1.807, 2.05) is 0 Å². The van der Waals surface area contributed by atoms with Gasteiger partial charge in [0.1, 0.15) is 0 Å². The van der Waals surface area contributed by atoms with Crippen molar-refractivity contribution in [3.8, 4) is 5.88 Å². The average molecular weight is 263 g/mol. The highest BCUT2D eigenvalue weighted by Gasteiger charge is 2.43. The van der Waals surface area contributed by atoms with Crippen molar-refractivity contribution < 1.29 is 9.53 Å². The second-order valence-corrected chi connectivity index (χ2v) is 5.28. The van der Waals surface area contributed by atoms with E-state index in [0.717, 1.165) is 19.5 Å². The average Bonchev–Trinajstić information content (AvgIpc) is 2.90. The zero-order chi connectivity index (χ0) is 13.9. The number of nitrogens with zero attached hydrogens (tertiary/aromatic N) is 1. The predicted molar refractivity (Wildman–Crippen MR) is 74.2 cm³/mol. The van der Waals surface area contributed by atoms with E-state index in [0.29, 0.717) is 17.5 Å². The predicted octanol–water partition coefficient (Wildman–Crippen LogP) is 1.66. The van der Waals surface area contributed by atoms with Crippen LogP contribution >= 0.6 is 0 Å². The van der Waals surface area contributed by atoms with Gasteiger partial charge in [-0.2, -0.15) is 0 Å². The summed E-state index contributed by atoms with van der Waals surface area (Å²) in [6.45, 7) is 5.82. The number of hydrogen-bond donors (Lipinski definition) is 2. The molecule has 0 aliphatic carbocycles. The molecule has 1 amide bonds. The van der Waals surface area contributed by atoms with Gasteiger partial charge in [-0.15, -0.1) is 0 Å². The van der Waals surface area contributed by atoms with Crippen LogP contribution in [0.1, 0.15) is 20.3 Å². The number of anilines is 1. The molecular formula is C14H21N3O2. The van der Waals surface area contributed by atoms with Gasteiger partial charge >= 0.3 is 0 Å². The van der Waals surface area contributed by atoms with Gasteiger partial charge in [-0.1, -0.05) is 13.8 Å². The first-order valence-corrected chi connectivity index (χ1v) is 6.61. The molecule has 1 fully saturated rings. The minimum Gasteiger partial charge on any atom is -0.481 e. The van der Waals surface area contributed by atoms with E-state index in [1.54, 1.807) is 25.4 Å². The van der Waals surface area contributed by atoms with Crippen LogP contribution in [0.15, 0.2) is 18.3 Å². The van der Waals surface area contributed by atoms with Crippen molar-refractivity contribution in [3.63, 3.8) is 0 Å². The third kappa shape index (κ3) is 2.71. The van der Waals surface area contributed by atoms with E-state index in [9.17, 15) is 4.79 Å². The van der Waals surface area contributed by atoms with Crippen molar-refractivity contribution in [2.75, 3.05) is 25.5 Å². The lowest BCUT2D eigenvalue weighted by Gasteiger charge is -2.31. The summed E-state index contributed by atoms with van der Waals surface area (Å²) in [6, 6.07) is 3.55. The molecule has 0 bridgehead atoms. The molecule has 1 saturated heterocycles. The molecule has 2 heterocycles. The number of carbonyl (C=O) groups is 1. The maximum absolute atomic E-state index is 12.5. The van der Waals surface area contributed by atoms with Crippen molar-refractivity contribution in [1.29, 1.82) is 0 Å². The van der Waals surface area contributed by atoms with E-state index < -0.39 is 0 Å². The first-order valence-electron chi connectivity index (χ1n) is 6.61. The first kappa shape index (κ1) is 13.8. The van der Waals surface area contributed by atoms with Crippen LogP contribution in [0.4, 0.5) is 5.69 Å². The first-order chi connectivity index (χ1) is 9.08. The van der Waals surface area contributed by atoms with E-state index in [4.69, 9.17) is 4.74 Å². The van der Waals surface area contributed by atoms with Gasteiger partial charge in [-0.05, 0) is 24.9 Å². The van der Waals surface area contributed by atoms with E-state index in [-0.39, 0.29) is 11.3 Å². The molecule has 1 atom stereocenters. The normalized spacial score (nSPS) is 22.5. The fraction of sp³-hybridized carbons (Fsp3) is 0.571. The monoisotopic (exact) mass is 263 g/mol. The lowest BCUT2D eigenvalue weighted by Crippen LogP contribution is -2.42. The maximum Gasteiger partial charge on any atom is 0.232 e. The Kier molecular flexibility index (Phi) is 4.04. The summed E-state index contributed by atoms with van der Waals surface area (Å²) in [5.74, 6) is 0.910. The van der Waals surface area contributed by atoms with Crippen LogP contribution in [0.2, 0.25) is 0 Å². The Hall–Kier alpha value is -1.62. The summed E-state index contributed by atoms with van der Waals surface area (Å²) in [6.07, 6.45) is 2.49. The lowest BCUT2D eigenvalue weighted by molar-refractivity contribution is -0.126. The molecular weight excluding hydrogens is 242 g/mol. The molecule has 1 aromatic rings. The Bertz CT molecular complexity index is 437. The van der Waals surface area contributed by atoms with Crippen LogP contribution in [-0.2, 0) is 4.79 Å². The van der Waals surface area contributed by atoms with Crippen molar-refractivity contribution in [1.82, 2.24) is 10.3 Å². The number of methoxy groups -OCH3 is 1. The molecule has 0 aromatic carbocycles. The molecule has 104 valence electrons. The number of aromatic nitrogens is 1. The van der Waals surface area contributed by atoms with Crippen LogP contribution < -0.4 is 15.4 Å². The number of carbonyl (C=O) groups excluding carboxylic acids is 1. The highest BCUT2D eigenvalue weighted by atomic mass is 16.5. The third-order valence-corrected chi connectivity index (χ3v) is 3.95. The van der Waals surface area contributed by atoms with Gasteiger partial charge in [0.15, 0.2) is 0 Å². The Morgan fingerprint density at radius 1 is 1.53 bits per heavy atom. The number of nitrogens with one attached hydrogen (secondary N) is 2. The zero-order valence-electron chi connectivity index (χ0n) is 11.7. The molecule has 0 spiro atoms. The smallest absolute Gasteiger partial charge is 0.232 e. The molecule has 1 aromatic heterocycles. The summed E-state index contributed by atoms with van der Waals surface area (Å²) in [5, 5.41) is 6.24. The number of pyridine rings is 1. The number of ether oxygens (including phenoxy) is 1. The Morgan fingerprint density at radius 2 is 2.32 bits per heavy atom. The Morgan fingerprint density at radius 3 is 2.79 bits per heavy atom. The van der Waals surface area contributed by atoms with E-state index in [1.165, 1.54) is 0 Å². The fourth-order valence-corrected chi connectivity index (χ4v) is 2.49. The molecule has 2 rings (SSSR count). The molecule has 0 saturated carbocycles. The second-order valence-electron chi connectivity index (χ2n) is 5.28. The minimum atomic E-state index is -0.320. The molecule has 19 heavy (non-hydrogen) atoms. The molecule has 1 aliphatic heterocycles. The van der Waals surface area contributed by atoms with Crippen LogP contribution in [0, 0.1) is 11.3 Å². The topological polar surface area (TPSA) is 63.2 Å². The second kappa shape index (κ2) is 5.57. The largest absolute Gasteiger partial charge is 0.481 e. The van der Waals surface area contributed by atoms with Crippen LogP contribution in [0.25, 0.3) is 0 Å². The van der Waals surface area contributed by atoms with E-state index in [2.05, 4.69) is 29.5 Å². The van der Waals surface area contributed by atoms with Gasteiger partial charge in [0, 0.05) is 12.6 Å². The maximum atomic E-state index is 12.5. The summed E-state index contributed by atoms with van der Waals surface area (Å²) < 4.78 is 5.00. The van der Waals surface area contributed by atoms with Crippen LogP contribution in [0.3, 0.4) is 0 Å². The molecule has 1 aliphatic rings. The number of hydrogen-bond acceptors (Lipinski definition) is 4. The van der Waals surface area contributed by atoms with Crippen LogP contribution in [0.5, 0.6) is 5.88 Å². The SMILES string of the molecule is COc1ccc(NC(=O)C2(C(C)C)CCNC2)cn1. The van der Waals surface area contributed by atoms with Crippen molar-refractivity contribution in [2.45, 2.75) is 20.3 Å². The van der Waals surface area contributed by atoms with Gasteiger partial charge in [-0.3, -0.25) is 4.79 Å². The summed E-state index contributed by atoms with van der Waals surface area (Å²) in [5.41, 5.74) is 0.387. The summed E-state index contributed by atoms with van der Waals surface area (Å²) in [4.78, 5) is 16.6. The quantitative estimate of drug-likeness (QED) is 0.867. The third-order valence-electron chi connectivity index (χ3n) is 3.95. The zero-order valence-corrected chi connectivity index (χ0v) is 11.7. The summed E-state index contributed by atoms with van der Waals surface area (Å²) in [7, 11) is 1.57. The van der Waals surface area contributed by atoms with E-state index >= 15 is 0 Å². The van der Waals surface area contributed by atoms with Gasteiger partial charge in [0.2, 0.25) is 11.8 Å². The Balaban J connectivity index is 2.10. The highest BCUT2D eigenvalue weighted by Crippen LogP contribution is 2.35. The van der Waals surface area contributed by atoms with Crippen molar-refractivity contribution in [3.05, 3.63) is 18.3 Å². The number of rotatable bonds is 4. The minimum absolute atomic E-state index is 0.0690. The molecule has 5 nitrogen and oxygen atoms in total. The molecule has 1 unspecified atom stereocenters. The van der Waals surface area contributed by atoms with Gasteiger partial charge < -0.3 is 15.4 Å². The highest BCUT2D eigenvalue weighted by molar-refractivity contribution is 5.95.